The van der Waals surface area contributed by atoms with Crippen molar-refractivity contribution in [1.82, 2.24) is 30.3 Å². The summed E-state index contributed by atoms with van der Waals surface area (Å²) in [4.78, 5) is 8.67. The van der Waals surface area contributed by atoms with Gasteiger partial charge >= 0.3 is 0 Å². The number of benzene rings is 1. The molecule has 6 nitrogen and oxygen atoms in total. The molecule has 1 atom stereocenters. The Morgan fingerprint density at radius 1 is 1.19 bits per heavy atom. The van der Waals surface area contributed by atoms with Crippen molar-refractivity contribution >= 4 is 11.0 Å². The zero-order valence-electron chi connectivity index (χ0n) is 12.2. The fourth-order valence-electron chi connectivity index (χ4n) is 2.52. The normalized spacial score (nSPS) is 12.7. The minimum absolute atomic E-state index is 0.0398. The average molecular weight is 282 g/mol. The summed E-state index contributed by atoms with van der Waals surface area (Å²) in [5.74, 6) is 0. The lowest BCUT2D eigenvalue weighted by Gasteiger charge is -2.17. The molecule has 3 aromatic rings. The number of nitrogens with one attached hydrogen (secondary N) is 1. The van der Waals surface area contributed by atoms with Crippen LogP contribution in [0.4, 0.5) is 0 Å². The van der Waals surface area contributed by atoms with Crippen LogP contribution < -0.4 is 5.32 Å². The molecule has 3 rings (SSSR count). The van der Waals surface area contributed by atoms with Gasteiger partial charge in [-0.05, 0) is 31.2 Å². The number of nitrogens with zero attached hydrogens (tertiary/aromatic N) is 5. The molecular formula is C15H18N6. The van der Waals surface area contributed by atoms with Gasteiger partial charge in [-0.2, -0.15) is 0 Å². The molecule has 0 fully saturated rings. The van der Waals surface area contributed by atoms with Crippen LogP contribution in [0.1, 0.15) is 30.6 Å². The van der Waals surface area contributed by atoms with E-state index in [0.717, 1.165) is 35.3 Å². The summed E-state index contributed by atoms with van der Waals surface area (Å²) < 4.78 is 1.95. The summed E-state index contributed by atoms with van der Waals surface area (Å²) in [6.45, 7) is 2.99. The summed E-state index contributed by atoms with van der Waals surface area (Å²) in [6, 6.07) is 6.17. The third kappa shape index (κ3) is 2.62. The zero-order chi connectivity index (χ0) is 14.7. The molecule has 1 N–H and O–H groups in total. The first-order chi connectivity index (χ1) is 10.3. The highest BCUT2D eigenvalue weighted by Crippen LogP contribution is 2.23. The summed E-state index contributed by atoms with van der Waals surface area (Å²) in [7, 11) is 1.94. The molecule has 6 heteroatoms. The van der Waals surface area contributed by atoms with Crippen molar-refractivity contribution in [3.8, 4) is 0 Å². The van der Waals surface area contributed by atoms with Crippen LogP contribution in [0.25, 0.3) is 11.0 Å². The van der Waals surface area contributed by atoms with Gasteiger partial charge in [0.05, 0.1) is 29.0 Å². The summed E-state index contributed by atoms with van der Waals surface area (Å²) in [5.41, 5.74) is 3.98. The van der Waals surface area contributed by atoms with Crippen molar-refractivity contribution in [2.45, 2.75) is 25.9 Å². The van der Waals surface area contributed by atoms with Crippen LogP contribution in [0, 0.1) is 0 Å². The second-order valence-electron chi connectivity index (χ2n) is 4.91. The Labute approximate surface area is 123 Å². The largest absolute Gasteiger partial charge is 0.308 e. The predicted molar refractivity (Wildman–Crippen MR) is 80.8 cm³/mol. The van der Waals surface area contributed by atoms with Crippen molar-refractivity contribution in [1.29, 1.82) is 0 Å². The van der Waals surface area contributed by atoms with Crippen LogP contribution in [-0.2, 0) is 6.54 Å². The molecule has 0 saturated heterocycles. The Kier molecular flexibility index (Phi) is 3.87. The van der Waals surface area contributed by atoms with Gasteiger partial charge in [-0.15, -0.1) is 5.10 Å². The number of aromatic nitrogens is 5. The number of fused-ring (bicyclic) bond motifs is 1. The summed E-state index contributed by atoms with van der Waals surface area (Å²) in [6.07, 6.45) is 6.26. The highest BCUT2D eigenvalue weighted by Gasteiger charge is 2.17. The van der Waals surface area contributed by atoms with E-state index in [9.17, 15) is 0 Å². The highest BCUT2D eigenvalue weighted by molar-refractivity contribution is 5.74. The lowest BCUT2D eigenvalue weighted by atomic mass is 10.0. The second-order valence-corrected chi connectivity index (χ2v) is 4.91. The molecule has 0 aliphatic heterocycles. The smallest absolute Gasteiger partial charge is 0.0890 e. The van der Waals surface area contributed by atoms with Crippen LogP contribution in [0.3, 0.4) is 0 Å². The average Bonchev–Trinajstić information content (AvgIpc) is 2.97. The van der Waals surface area contributed by atoms with Crippen molar-refractivity contribution in [3.63, 3.8) is 0 Å². The summed E-state index contributed by atoms with van der Waals surface area (Å²) in [5, 5.41) is 11.5. The molecule has 1 unspecified atom stereocenters. The SMILES string of the molecule is CCCn1nncc1C(NC)c1ccc2nccnc2c1. The molecule has 0 spiro atoms. The van der Waals surface area contributed by atoms with E-state index < -0.39 is 0 Å². The molecule has 0 amide bonds. The van der Waals surface area contributed by atoms with E-state index in [1.807, 2.05) is 24.0 Å². The summed E-state index contributed by atoms with van der Waals surface area (Å²) >= 11 is 0. The lowest BCUT2D eigenvalue weighted by molar-refractivity contribution is 0.523. The maximum absolute atomic E-state index is 4.37. The number of rotatable bonds is 5. The van der Waals surface area contributed by atoms with Crippen LogP contribution in [0.5, 0.6) is 0 Å². The van der Waals surface area contributed by atoms with Crippen LogP contribution in [-0.4, -0.2) is 32.0 Å². The number of hydrogen-bond acceptors (Lipinski definition) is 5. The minimum Gasteiger partial charge on any atom is -0.308 e. The fraction of sp³-hybridized carbons (Fsp3) is 0.333. The van der Waals surface area contributed by atoms with Gasteiger partial charge in [0.1, 0.15) is 0 Å². The molecule has 0 aliphatic carbocycles. The van der Waals surface area contributed by atoms with Crippen LogP contribution in [0.2, 0.25) is 0 Å². The molecule has 108 valence electrons. The molecule has 0 bridgehead atoms. The third-order valence-electron chi connectivity index (χ3n) is 3.49. The van der Waals surface area contributed by atoms with E-state index >= 15 is 0 Å². The molecule has 2 aromatic heterocycles. The highest BCUT2D eigenvalue weighted by atomic mass is 15.4. The van der Waals surface area contributed by atoms with E-state index in [-0.39, 0.29) is 6.04 Å². The van der Waals surface area contributed by atoms with Gasteiger partial charge in [-0.3, -0.25) is 9.97 Å². The van der Waals surface area contributed by atoms with Crippen LogP contribution >= 0.6 is 0 Å². The van der Waals surface area contributed by atoms with Gasteiger partial charge < -0.3 is 5.32 Å². The van der Waals surface area contributed by atoms with Crippen molar-refractivity contribution < 1.29 is 0 Å². The van der Waals surface area contributed by atoms with Gasteiger partial charge in [0.15, 0.2) is 0 Å². The zero-order valence-corrected chi connectivity index (χ0v) is 12.2. The number of aryl methyl sites for hydroxylation is 1. The lowest BCUT2D eigenvalue weighted by Crippen LogP contribution is -2.21. The Hall–Kier alpha value is -2.34. The Balaban J connectivity index is 2.03. The standard InChI is InChI=1S/C15H18N6/c1-3-8-21-14(10-19-20-21)15(16-2)11-4-5-12-13(9-11)18-7-6-17-12/h4-7,9-10,15-16H,3,8H2,1-2H3. The minimum atomic E-state index is 0.0398. The monoisotopic (exact) mass is 282 g/mol. The first-order valence-corrected chi connectivity index (χ1v) is 7.09. The quantitative estimate of drug-likeness (QED) is 0.774. The van der Waals surface area contributed by atoms with Crippen LogP contribution in [0.15, 0.2) is 36.8 Å². The van der Waals surface area contributed by atoms with Crippen molar-refractivity contribution in [3.05, 3.63) is 48.0 Å². The molecule has 1 aromatic carbocycles. The second kappa shape index (κ2) is 5.97. The Morgan fingerprint density at radius 3 is 2.76 bits per heavy atom. The molecule has 2 heterocycles. The van der Waals surface area contributed by atoms with E-state index in [0.29, 0.717) is 0 Å². The van der Waals surface area contributed by atoms with Gasteiger partial charge in [0, 0.05) is 18.9 Å². The van der Waals surface area contributed by atoms with Gasteiger partial charge in [-0.1, -0.05) is 18.2 Å². The Morgan fingerprint density at radius 2 is 2.00 bits per heavy atom. The van der Waals surface area contributed by atoms with Gasteiger partial charge in [0.25, 0.3) is 0 Å². The van der Waals surface area contributed by atoms with E-state index in [1.54, 1.807) is 12.4 Å². The van der Waals surface area contributed by atoms with Gasteiger partial charge in [-0.25, -0.2) is 4.68 Å². The molecule has 0 radical (unpaired) electrons. The number of hydrogen-bond donors (Lipinski definition) is 1. The fourth-order valence-corrected chi connectivity index (χ4v) is 2.52. The van der Waals surface area contributed by atoms with E-state index in [4.69, 9.17) is 0 Å². The molecule has 21 heavy (non-hydrogen) atoms. The first kappa shape index (κ1) is 13.6. The van der Waals surface area contributed by atoms with Crippen molar-refractivity contribution in [2.24, 2.45) is 0 Å². The van der Waals surface area contributed by atoms with Gasteiger partial charge in [0.2, 0.25) is 0 Å². The molecular weight excluding hydrogens is 264 g/mol. The van der Waals surface area contributed by atoms with Crippen molar-refractivity contribution in [2.75, 3.05) is 7.05 Å². The maximum Gasteiger partial charge on any atom is 0.0890 e. The first-order valence-electron chi connectivity index (χ1n) is 7.09. The van der Waals surface area contributed by atoms with E-state index in [1.165, 1.54) is 0 Å². The maximum atomic E-state index is 4.37. The third-order valence-corrected chi connectivity index (χ3v) is 3.49. The molecule has 0 aliphatic rings. The Bertz CT molecular complexity index is 736. The van der Waals surface area contributed by atoms with E-state index in [2.05, 4.69) is 44.7 Å². The predicted octanol–water partition coefficient (Wildman–Crippen LogP) is 1.94. The topological polar surface area (TPSA) is 68.5 Å². The molecule has 0 saturated carbocycles.